The number of phenols is 1. The first-order chi connectivity index (χ1) is 23.2. The lowest BCUT2D eigenvalue weighted by atomic mass is 10.0. The number of ether oxygens (including phenoxy) is 1. The fourth-order valence-corrected chi connectivity index (χ4v) is 6.09. The van der Waals surface area contributed by atoms with E-state index in [-0.39, 0.29) is 31.4 Å². The SMILES string of the molecule is Cc1c[n+]2cc(CNC(=O)[C@H](Cc3ccc(O)cc3)NC(=O)Nc3ccc(C(=O)OC(C)C)cc3)n(Cc3cccc(C(F)(F)F)c3)c2s1. The number of hydrogen-bond donors (Lipinski definition) is 4. The molecule has 5 aromatic rings. The highest BCUT2D eigenvalue weighted by Crippen LogP contribution is 2.30. The van der Waals surface area contributed by atoms with Gasteiger partial charge in [0.15, 0.2) is 5.69 Å². The van der Waals surface area contributed by atoms with Crippen molar-refractivity contribution in [1.29, 1.82) is 0 Å². The van der Waals surface area contributed by atoms with E-state index in [4.69, 9.17) is 4.74 Å². The number of aryl methyl sites for hydroxylation is 1. The van der Waals surface area contributed by atoms with Crippen molar-refractivity contribution in [1.82, 2.24) is 15.2 Å². The van der Waals surface area contributed by atoms with E-state index >= 15 is 0 Å². The number of hydrogen-bond acceptors (Lipinski definition) is 6. The summed E-state index contributed by atoms with van der Waals surface area (Å²) in [6.07, 6.45) is -0.972. The Morgan fingerprint density at radius 2 is 1.69 bits per heavy atom. The molecule has 49 heavy (non-hydrogen) atoms. The third-order valence-electron chi connectivity index (χ3n) is 7.42. The van der Waals surface area contributed by atoms with Crippen molar-refractivity contribution in [2.45, 2.75) is 58.6 Å². The first-order valence-electron chi connectivity index (χ1n) is 15.4. The molecule has 2 aromatic heterocycles. The molecule has 1 atom stereocenters. The molecule has 3 amide bonds. The van der Waals surface area contributed by atoms with Gasteiger partial charge in [-0.05, 0) is 80.4 Å². The van der Waals surface area contributed by atoms with E-state index in [1.807, 2.05) is 28.3 Å². The number of halogens is 3. The molecule has 0 saturated carbocycles. The summed E-state index contributed by atoms with van der Waals surface area (Å²) in [7, 11) is 0. The molecule has 256 valence electrons. The van der Waals surface area contributed by atoms with Crippen LogP contribution in [0.1, 0.15) is 51.5 Å². The van der Waals surface area contributed by atoms with Gasteiger partial charge in [0.1, 0.15) is 30.7 Å². The third-order valence-corrected chi connectivity index (χ3v) is 8.46. The topological polar surface area (TPSA) is 126 Å². The number of carbonyl (C=O) groups is 3. The van der Waals surface area contributed by atoms with E-state index in [9.17, 15) is 32.7 Å². The summed E-state index contributed by atoms with van der Waals surface area (Å²) < 4.78 is 49.2. The fourth-order valence-electron chi connectivity index (χ4n) is 5.13. The molecule has 4 N–H and O–H groups in total. The summed E-state index contributed by atoms with van der Waals surface area (Å²) in [5, 5.41) is 18.0. The van der Waals surface area contributed by atoms with Crippen LogP contribution in [0.3, 0.4) is 0 Å². The Bertz CT molecular complexity index is 1950. The predicted molar refractivity (Wildman–Crippen MR) is 177 cm³/mol. The number of aromatic hydroxyl groups is 1. The number of amides is 3. The van der Waals surface area contributed by atoms with E-state index in [2.05, 4.69) is 16.0 Å². The Labute approximate surface area is 284 Å². The lowest BCUT2D eigenvalue weighted by Crippen LogP contribution is -2.49. The van der Waals surface area contributed by atoms with Gasteiger partial charge in [0.05, 0.1) is 23.8 Å². The number of alkyl halides is 3. The van der Waals surface area contributed by atoms with E-state index in [0.717, 1.165) is 22.0 Å². The molecule has 3 aromatic carbocycles. The first kappa shape index (κ1) is 35.0. The maximum Gasteiger partial charge on any atom is 0.416 e. The molecule has 0 saturated heterocycles. The van der Waals surface area contributed by atoms with Gasteiger partial charge in [0, 0.05) is 17.0 Å². The van der Waals surface area contributed by atoms with Crippen LogP contribution in [0.5, 0.6) is 5.75 Å². The quantitative estimate of drug-likeness (QED) is 0.100. The van der Waals surface area contributed by atoms with Crippen LogP contribution in [0.15, 0.2) is 85.2 Å². The van der Waals surface area contributed by atoms with Crippen LogP contribution in [0.2, 0.25) is 0 Å². The molecule has 0 aliphatic heterocycles. The number of imidazole rings is 1. The van der Waals surface area contributed by atoms with Crippen LogP contribution in [0.25, 0.3) is 4.96 Å². The number of benzene rings is 3. The summed E-state index contributed by atoms with van der Waals surface area (Å²) in [4.78, 5) is 40.6. The van der Waals surface area contributed by atoms with Crippen LogP contribution in [0.4, 0.5) is 23.7 Å². The first-order valence-corrected chi connectivity index (χ1v) is 16.2. The molecule has 0 bridgehead atoms. The second kappa shape index (κ2) is 14.8. The molecule has 0 spiro atoms. The minimum atomic E-state index is -4.48. The molecule has 0 unspecified atom stereocenters. The Morgan fingerprint density at radius 1 is 0.980 bits per heavy atom. The Balaban J connectivity index is 1.32. The molecule has 0 radical (unpaired) electrons. The molecular weight excluding hydrogens is 659 g/mol. The van der Waals surface area contributed by atoms with Crippen LogP contribution >= 0.6 is 11.3 Å². The molecular formula is C35H35F3N5O5S+. The highest BCUT2D eigenvalue weighted by atomic mass is 32.1. The zero-order valence-electron chi connectivity index (χ0n) is 26.9. The average Bonchev–Trinajstić information content (AvgIpc) is 3.56. The number of urea groups is 1. The molecule has 0 aliphatic carbocycles. The second-order valence-corrected chi connectivity index (χ2v) is 12.9. The number of anilines is 1. The lowest BCUT2D eigenvalue weighted by molar-refractivity contribution is -0.506. The molecule has 2 heterocycles. The van der Waals surface area contributed by atoms with Crippen molar-refractivity contribution in [2.24, 2.45) is 0 Å². The monoisotopic (exact) mass is 694 g/mol. The molecule has 0 aliphatic rings. The summed E-state index contributed by atoms with van der Waals surface area (Å²) in [5.74, 6) is -0.956. The summed E-state index contributed by atoms with van der Waals surface area (Å²) in [6.45, 7) is 5.56. The van der Waals surface area contributed by atoms with Gasteiger partial charge >= 0.3 is 23.1 Å². The zero-order chi connectivity index (χ0) is 35.3. The largest absolute Gasteiger partial charge is 0.508 e. The summed E-state index contributed by atoms with van der Waals surface area (Å²) in [5.41, 5.74) is 1.70. The van der Waals surface area contributed by atoms with Crippen molar-refractivity contribution >= 4 is 39.9 Å². The number of aromatic nitrogens is 2. The van der Waals surface area contributed by atoms with Crippen LogP contribution in [-0.4, -0.2) is 39.7 Å². The van der Waals surface area contributed by atoms with Crippen molar-refractivity contribution < 1.29 is 41.8 Å². The minimum Gasteiger partial charge on any atom is -0.508 e. The number of fused-ring (bicyclic) bond motifs is 1. The number of phenolic OH excluding ortho intramolecular Hbond substituents is 1. The van der Waals surface area contributed by atoms with Gasteiger partial charge < -0.3 is 25.8 Å². The van der Waals surface area contributed by atoms with Crippen molar-refractivity contribution in [2.75, 3.05) is 5.32 Å². The Morgan fingerprint density at radius 3 is 2.37 bits per heavy atom. The molecule has 10 nitrogen and oxygen atoms in total. The number of carbonyl (C=O) groups excluding carboxylic acids is 3. The molecule has 14 heteroatoms. The molecule has 5 rings (SSSR count). The predicted octanol–water partition coefficient (Wildman–Crippen LogP) is 5.98. The Kier molecular flexibility index (Phi) is 10.6. The maximum atomic E-state index is 13.6. The molecule has 0 fully saturated rings. The van der Waals surface area contributed by atoms with E-state index in [1.165, 1.54) is 53.8 Å². The fraction of sp³-hybridized carbons (Fsp3) is 0.257. The standard InChI is InChI=1S/C35H34F3N5O5S/c1-21(2)48-32(46)25-9-11-27(12-10-25)40-33(47)41-30(16-23-7-13-29(44)14-8-23)31(45)39-17-28-20-42-18-22(3)49-34(42)43(28)19-24-5-4-6-26(15-24)35(36,37)38/h4-15,18,20-21,30H,16-17,19H2,1-3H3,(H3-,39,40,41,44,45,46,47)/p+1/t30-/m0/s1. The minimum absolute atomic E-state index is 0.0224. The average molecular weight is 695 g/mol. The van der Waals surface area contributed by atoms with Gasteiger partial charge in [-0.2, -0.15) is 17.6 Å². The van der Waals surface area contributed by atoms with Crippen LogP contribution in [-0.2, 0) is 35.2 Å². The number of esters is 1. The van der Waals surface area contributed by atoms with E-state index in [1.54, 1.807) is 32.0 Å². The van der Waals surface area contributed by atoms with Crippen LogP contribution in [0, 0.1) is 6.92 Å². The maximum absolute atomic E-state index is 13.6. The lowest BCUT2D eigenvalue weighted by Gasteiger charge is -2.19. The highest BCUT2D eigenvalue weighted by molar-refractivity contribution is 7.16. The van der Waals surface area contributed by atoms with Gasteiger partial charge in [0.2, 0.25) is 5.91 Å². The van der Waals surface area contributed by atoms with Gasteiger partial charge in [-0.1, -0.05) is 35.6 Å². The van der Waals surface area contributed by atoms with Gasteiger partial charge in [-0.15, -0.1) is 0 Å². The third kappa shape index (κ3) is 9.16. The van der Waals surface area contributed by atoms with E-state index < -0.39 is 35.7 Å². The van der Waals surface area contributed by atoms with Crippen LogP contribution < -0.4 is 20.4 Å². The summed E-state index contributed by atoms with van der Waals surface area (Å²) >= 11 is 1.47. The van der Waals surface area contributed by atoms with Gasteiger partial charge in [-0.25, -0.2) is 14.2 Å². The second-order valence-electron chi connectivity index (χ2n) is 11.7. The highest BCUT2D eigenvalue weighted by Gasteiger charge is 2.31. The Hall–Kier alpha value is -5.37. The zero-order valence-corrected chi connectivity index (χ0v) is 27.7. The van der Waals surface area contributed by atoms with Gasteiger partial charge in [0.25, 0.3) is 0 Å². The van der Waals surface area contributed by atoms with E-state index in [0.29, 0.717) is 28.1 Å². The van der Waals surface area contributed by atoms with Crippen molar-refractivity contribution in [3.63, 3.8) is 0 Å². The normalized spacial score (nSPS) is 12.1. The number of thiazole rings is 1. The van der Waals surface area contributed by atoms with Crippen molar-refractivity contribution in [3.05, 3.63) is 118 Å². The number of nitrogens with one attached hydrogen (secondary N) is 3. The van der Waals surface area contributed by atoms with Crippen molar-refractivity contribution in [3.8, 4) is 5.75 Å². The number of rotatable bonds is 11. The summed E-state index contributed by atoms with van der Waals surface area (Å²) in [6, 6.07) is 15.7. The van der Waals surface area contributed by atoms with Gasteiger partial charge in [-0.3, -0.25) is 4.79 Å². The smallest absolute Gasteiger partial charge is 0.416 e. The number of nitrogens with zero attached hydrogens (tertiary/aromatic N) is 2.